The van der Waals surface area contributed by atoms with E-state index in [1.54, 1.807) is 5.57 Å². The number of fused-ring (bicyclic) bond motifs is 5. The molecule has 40 heavy (non-hydrogen) atoms. The van der Waals surface area contributed by atoms with E-state index in [1.807, 2.05) is 0 Å². The van der Waals surface area contributed by atoms with Gasteiger partial charge < -0.3 is 4.74 Å². The van der Waals surface area contributed by atoms with E-state index in [1.165, 1.54) is 96.3 Å². The smallest absolute Gasteiger partial charge is 0.306 e. The van der Waals surface area contributed by atoms with Crippen molar-refractivity contribution in [1.29, 1.82) is 0 Å². The average Bonchev–Trinajstić information content (AvgIpc) is 3.29. The molecule has 4 aliphatic rings. The molecule has 0 saturated heterocycles. The van der Waals surface area contributed by atoms with Gasteiger partial charge in [-0.2, -0.15) is 0 Å². The van der Waals surface area contributed by atoms with Crippen LogP contribution in [0.4, 0.5) is 0 Å². The summed E-state index contributed by atoms with van der Waals surface area (Å²) in [6, 6.07) is 0. The van der Waals surface area contributed by atoms with Gasteiger partial charge in [0.25, 0.3) is 0 Å². The van der Waals surface area contributed by atoms with Gasteiger partial charge in [-0.25, -0.2) is 0 Å². The predicted octanol–water partition coefficient (Wildman–Crippen LogP) is 11.2. The molecule has 228 valence electrons. The Labute approximate surface area is 248 Å². The molecule has 0 spiro atoms. The van der Waals surface area contributed by atoms with Crippen LogP contribution >= 0.6 is 0 Å². The van der Waals surface area contributed by atoms with Crippen LogP contribution < -0.4 is 0 Å². The fourth-order valence-corrected chi connectivity index (χ4v) is 10.5. The molecule has 0 aromatic carbocycles. The summed E-state index contributed by atoms with van der Waals surface area (Å²) >= 11 is 0. The fourth-order valence-electron chi connectivity index (χ4n) is 10.5. The quantitative estimate of drug-likeness (QED) is 0.115. The van der Waals surface area contributed by atoms with Gasteiger partial charge in [0.15, 0.2) is 0 Å². The molecule has 0 amide bonds. The lowest BCUT2D eigenvalue weighted by molar-refractivity contribution is -0.152. The summed E-state index contributed by atoms with van der Waals surface area (Å²) in [7, 11) is 0. The van der Waals surface area contributed by atoms with Crippen molar-refractivity contribution in [3.63, 3.8) is 0 Å². The number of unbranched alkanes of at least 4 members (excludes halogenated alkanes) is 5. The minimum atomic E-state index is 0.0503. The van der Waals surface area contributed by atoms with E-state index in [0.717, 1.165) is 48.9 Å². The fraction of sp³-hybridized carbons (Fsp3) is 0.868. The van der Waals surface area contributed by atoms with Gasteiger partial charge in [-0.05, 0) is 111 Å². The number of rotatable bonds is 15. The van der Waals surface area contributed by atoms with Gasteiger partial charge in [0.05, 0.1) is 0 Å². The predicted molar refractivity (Wildman–Crippen MR) is 170 cm³/mol. The van der Waals surface area contributed by atoms with Crippen LogP contribution in [0.2, 0.25) is 0 Å². The second-order valence-electron chi connectivity index (χ2n) is 15.2. The number of ether oxygens (including phenoxy) is 1. The summed E-state index contributed by atoms with van der Waals surface area (Å²) in [5.74, 6) is 4.93. The average molecular weight is 553 g/mol. The van der Waals surface area contributed by atoms with Crippen LogP contribution in [0.15, 0.2) is 24.3 Å². The first kappa shape index (κ1) is 31.9. The van der Waals surface area contributed by atoms with Crippen LogP contribution in [0.1, 0.15) is 157 Å². The molecule has 0 heterocycles. The highest BCUT2D eigenvalue weighted by atomic mass is 16.5. The van der Waals surface area contributed by atoms with Crippen molar-refractivity contribution < 1.29 is 9.53 Å². The summed E-state index contributed by atoms with van der Waals surface area (Å²) < 4.78 is 6.09. The number of allylic oxidation sites excluding steroid dienone is 2. The van der Waals surface area contributed by atoms with Gasteiger partial charge in [0.1, 0.15) is 6.10 Å². The second kappa shape index (κ2) is 14.4. The van der Waals surface area contributed by atoms with Gasteiger partial charge in [-0.15, -0.1) is 6.58 Å². The number of carbonyl (C=O) groups excluding carboxylic acids is 1. The molecule has 2 nitrogen and oxygen atoms in total. The molecular formula is C38H64O2. The Morgan fingerprint density at radius 2 is 1.77 bits per heavy atom. The molecule has 3 saturated carbocycles. The van der Waals surface area contributed by atoms with Crippen LogP contribution in [0, 0.1) is 46.3 Å². The second-order valence-corrected chi connectivity index (χ2v) is 15.2. The first-order valence-electron chi connectivity index (χ1n) is 17.8. The first-order chi connectivity index (χ1) is 19.3. The molecule has 0 bridgehead atoms. The number of hydrogen-bond donors (Lipinski definition) is 0. The van der Waals surface area contributed by atoms with E-state index in [0.29, 0.717) is 23.2 Å². The molecule has 0 aromatic rings. The van der Waals surface area contributed by atoms with Crippen molar-refractivity contribution >= 4 is 5.97 Å². The zero-order valence-corrected chi connectivity index (χ0v) is 27.2. The Balaban J connectivity index is 1.37. The van der Waals surface area contributed by atoms with Gasteiger partial charge in [0, 0.05) is 12.8 Å². The van der Waals surface area contributed by atoms with Gasteiger partial charge in [-0.3, -0.25) is 4.79 Å². The Hall–Kier alpha value is -1.05. The zero-order valence-electron chi connectivity index (χ0n) is 27.2. The van der Waals surface area contributed by atoms with Crippen molar-refractivity contribution in [3.05, 3.63) is 24.3 Å². The Morgan fingerprint density at radius 1 is 1.00 bits per heavy atom. The summed E-state index contributed by atoms with van der Waals surface area (Å²) in [4.78, 5) is 12.7. The third-order valence-corrected chi connectivity index (χ3v) is 12.7. The Kier molecular flexibility index (Phi) is 11.5. The lowest BCUT2D eigenvalue weighted by Gasteiger charge is -2.59. The summed E-state index contributed by atoms with van der Waals surface area (Å²) in [6.45, 7) is 16.5. The molecule has 0 N–H and O–H groups in total. The first-order valence-corrected chi connectivity index (χ1v) is 17.8. The molecule has 8 atom stereocenters. The lowest BCUT2D eigenvalue weighted by Crippen LogP contribution is -2.52. The Bertz CT molecular complexity index is 856. The Morgan fingerprint density at radius 3 is 2.50 bits per heavy atom. The lowest BCUT2D eigenvalue weighted by atomic mass is 9.46. The highest BCUT2D eigenvalue weighted by Gasteiger charge is 2.60. The van der Waals surface area contributed by atoms with Crippen LogP contribution in [0.5, 0.6) is 0 Å². The van der Waals surface area contributed by atoms with E-state index in [9.17, 15) is 4.79 Å². The maximum Gasteiger partial charge on any atom is 0.306 e. The normalized spacial score (nSPS) is 35.9. The standard InChI is InChI=1S/C38H64O2/c1-7-10-11-12-13-14-18-36(39)40-31-23-26-38(9-3)30(27-31)19-20-32-34-22-21-33(37(34,6)25-24-35(32)38)29(8-2)17-15-16-28(4)5/h8,19,28-29,31-35H,2,7,9-18,20-27H2,1,3-6H3/t29?,31-,32-,33+,34?,35?,37+,38-/m0/s1. The molecule has 0 aromatic heterocycles. The van der Waals surface area contributed by atoms with Crippen molar-refractivity contribution in [1.82, 2.24) is 0 Å². The van der Waals surface area contributed by atoms with E-state index >= 15 is 0 Å². The van der Waals surface area contributed by atoms with Gasteiger partial charge in [0.2, 0.25) is 0 Å². The molecule has 4 aliphatic carbocycles. The van der Waals surface area contributed by atoms with E-state index in [4.69, 9.17) is 4.74 Å². The van der Waals surface area contributed by atoms with Crippen molar-refractivity contribution in [3.8, 4) is 0 Å². The van der Waals surface area contributed by atoms with Crippen LogP contribution in [-0.2, 0) is 9.53 Å². The molecule has 3 fully saturated rings. The van der Waals surface area contributed by atoms with Gasteiger partial charge >= 0.3 is 5.97 Å². The van der Waals surface area contributed by atoms with E-state index in [2.05, 4.69) is 53.3 Å². The number of esters is 1. The monoisotopic (exact) mass is 552 g/mol. The van der Waals surface area contributed by atoms with E-state index in [-0.39, 0.29) is 12.1 Å². The molecule has 3 unspecified atom stereocenters. The number of carbonyl (C=O) groups is 1. The third kappa shape index (κ3) is 6.78. The number of hydrogen-bond acceptors (Lipinski definition) is 2. The van der Waals surface area contributed by atoms with Crippen LogP contribution in [0.3, 0.4) is 0 Å². The summed E-state index contributed by atoms with van der Waals surface area (Å²) in [5, 5.41) is 0. The van der Waals surface area contributed by atoms with Gasteiger partial charge in [-0.1, -0.05) is 97.3 Å². The maximum absolute atomic E-state index is 12.7. The molecule has 0 radical (unpaired) electrons. The summed E-state index contributed by atoms with van der Waals surface area (Å²) in [5.41, 5.74) is 2.51. The van der Waals surface area contributed by atoms with E-state index < -0.39 is 0 Å². The van der Waals surface area contributed by atoms with Crippen molar-refractivity contribution in [2.24, 2.45) is 46.3 Å². The molecule has 2 heteroatoms. The third-order valence-electron chi connectivity index (χ3n) is 12.7. The molecular weight excluding hydrogens is 488 g/mol. The van der Waals surface area contributed by atoms with Crippen LogP contribution in [0.25, 0.3) is 0 Å². The van der Waals surface area contributed by atoms with Crippen molar-refractivity contribution in [2.45, 2.75) is 163 Å². The molecule has 4 rings (SSSR count). The highest BCUT2D eigenvalue weighted by Crippen LogP contribution is 2.68. The van der Waals surface area contributed by atoms with Crippen LogP contribution in [-0.4, -0.2) is 12.1 Å². The SMILES string of the molecule is C=CC(CCCC(C)C)[C@H]1CCC2[C@@H]3CC=C4C[C@@H](OC(=O)CCCCCCCC)CC[C@]4(CC)C3CC[C@@]21C. The minimum Gasteiger partial charge on any atom is -0.462 e. The topological polar surface area (TPSA) is 26.3 Å². The largest absolute Gasteiger partial charge is 0.462 e. The summed E-state index contributed by atoms with van der Waals surface area (Å²) in [6.07, 6.45) is 28.5. The molecule has 0 aliphatic heterocycles. The maximum atomic E-state index is 12.7. The minimum absolute atomic E-state index is 0.0503. The van der Waals surface area contributed by atoms with Crippen molar-refractivity contribution in [2.75, 3.05) is 0 Å². The highest BCUT2D eigenvalue weighted by molar-refractivity contribution is 5.69. The zero-order chi connectivity index (χ0) is 28.8.